The van der Waals surface area contributed by atoms with E-state index in [1.54, 1.807) is 5.01 Å². The van der Waals surface area contributed by atoms with Crippen LogP contribution in [0.3, 0.4) is 0 Å². The third kappa shape index (κ3) is 5.03. The molecule has 1 fully saturated rings. The summed E-state index contributed by atoms with van der Waals surface area (Å²) in [6.07, 6.45) is 2.03. The highest BCUT2D eigenvalue weighted by atomic mass is 35.5. The zero-order valence-electron chi connectivity index (χ0n) is 18.2. The number of hydrogen-bond donors (Lipinski definition) is 0. The molecular formula is C25H28ClN3O3. The van der Waals surface area contributed by atoms with Gasteiger partial charge in [0, 0.05) is 11.4 Å². The second-order valence-corrected chi connectivity index (χ2v) is 8.60. The first-order chi connectivity index (χ1) is 15.6. The van der Waals surface area contributed by atoms with Gasteiger partial charge in [-0.3, -0.25) is 14.5 Å². The summed E-state index contributed by atoms with van der Waals surface area (Å²) < 4.78 is 5.14. The van der Waals surface area contributed by atoms with Crippen LogP contribution >= 0.6 is 11.6 Å². The van der Waals surface area contributed by atoms with E-state index < -0.39 is 0 Å². The second-order valence-electron chi connectivity index (χ2n) is 8.19. The lowest BCUT2D eigenvalue weighted by Crippen LogP contribution is -2.43. The second kappa shape index (κ2) is 10.3. The number of hydrogen-bond acceptors (Lipinski definition) is 5. The number of carbonyl (C=O) groups excluding carboxylic acids is 2. The Morgan fingerprint density at radius 1 is 1.06 bits per heavy atom. The van der Waals surface area contributed by atoms with E-state index in [4.69, 9.17) is 21.4 Å². The van der Waals surface area contributed by atoms with Gasteiger partial charge in [-0.1, -0.05) is 60.1 Å². The third-order valence-electron chi connectivity index (χ3n) is 6.10. The largest absolute Gasteiger partial charge is 0.466 e. The Bertz CT molecular complexity index is 987. The Morgan fingerprint density at radius 2 is 1.75 bits per heavy atom. The van der Waals surface area contributed by atoms with Crippen LogP contribution in [0, 0.1) is 5.92 Å². The molecule has 2 aromatic carbocycles. The van der Waals surface area contributed by atoms with Gasteiger partial charge in [0.1, 0.15) is 0 Å². The van der Waals surface area contributed by atoms with Crippen molar-refractivity contribution >= 4 is 29.2 Å². The van der Waals surface area contributed by atoms with Crippen molar-refractivity contribution in [3.8, 4) is 0 Å². The maximum absolute atomic E-state index is 13.3. The summed E-state index contributed by atoms with van der Waals surface area (Å²) >= 11 is 6.49. The van der Waals surface area contributed by atoms with Crippen molar-refractivity contribution in [2.45, 2.75) is 32.2 Å². The van der Waals surface area contributed by atoms with E-state index in [1.165, 1.54) is 0 Å². The van der Waals surface area contributed by atoms with Crippen LogP contribution in [0.4, 0.5) is 0 Å². The molecule has 0 radical (unpaired) electrons. The standard InChI is InChI=1S/C25H28ClN3O3/c1-2-32-25(31)19-12-14-28(15-13-19)17-24(30)29-23(20-10-6-7-11-21(20)26)16-22(27-29)18-8-4-3-5-9-18/h3-11,19,23H,2,12-17H2,1H3. The van der Waals surface area contributed by atoms with E-state index >= 15 is 0 Å². The van der Waals surface area contributed by atoms with Crippen molar-refractivity contribution < 1.29 is 14.3 Å². The summed E-state index contributed by atoms with van der Waals surface area (Å²) in [7, 11) is 0. The number of ether oxygens (including phenoxy) is 1. The normalized spacial score (nSPS) is 19.6. The van der Waals surface area contributed by atoms with E-state index in [9.17, 15) is 9.59 Å². The van der Waals surface area contributed by atoms with Gasteiger partial charge in [-0.25, -0.2) is 5.01 Å². The molecule has 0 spiro atoms. The molecule has 0 saturated carbocycles. The van der Waals surface area contributed by atoms with Gasteiger partial charge >= 0.3 is 5.97 Å². The van der Waals surface area contributed by atoms with Crippen molar-refractivity contribution in [2.24, 2.45) is 11.0 Å². The van der Waals surface area contributed by atoms with Gasteiger partial charge < -0.3 is 4.74 Å². The molecule has 4 rings (SSSR count). The molecule has 1 amide bonds. The van der Waals surface area contributed by atoms with Gasteiger partial charge in [-0.15, -0.1) is 0 Å². The van der Waals surface area contributed by atoms with Crippen LogP contribution in [0.25, 0.3) is 0 Å². The van der Waals surface area contributed by atoms with E-state index in [0.717, 1.165) is 16.8 Å². The third-order valence-corrected chi connectivity index (χ3v) is 6.45. The molecule has 0 bridgehead atoms. The Kier molecular flexibility index (Phi) is 7.22. The lowest BCUT2D eigenvalue weighted by Gasteiger charge is -2.32. The van der Waals surface area contributed by atoms with Crippen molar-refractivity contribution in [3.05, 3.63) is 70.7 Å². The summed E-state index contributed by atoms with van der Waals surface area (Å²) in [5, 5.41) is 6.96. The quantitative estimate of drug-likeness (QED) is 0.612. The summed E-state index contributed by atoms with van der Waals surface area (Å²) in [6.45, 7) is 3.87. The first kappa shape index (κ1) is 22.5. The number of piperidine rings is 1. The SMILES string of the molecule is CCOC(=O)C1CCN(CC(=O)N2N=C(c3ccccc3)CC2c2ccccc2Cl)CC1. The van der Waals surface area contributed by atoms with E-state index in [1.807, 2.05) is 61.5 Å². The highest BCUT2D eigenvalue weighted by molar-refractivity contribution is 6.31. The van der Waals surface area contributed by atoms with Crippen LogP contribution in [0.15, 0.2) is 59.7 Å². The van der Waals surface area contributed by atoms with Crippen molar-refractivity contribution in [2.75, 3.05) is 26.2 Å². The fourth-order valence-electron chi connectivity index (χ4n) is 4.38. The molecule has 2 aliphatic heterocycles. The fraction of sp³-hybridized carbons (Fsp3) is 0.400. The van der Waals surface area contributed by atoms with Gasteiger partial charge in [-0.05, 0) is 50.0 Å². The summed E-state index contributed by atoms with van der Waals surface area (Å²) in [6, 6.07) is 17.3. The number of likely N-dealkylation sites (tertiary alicyclic amines) is 1. The minimum Gasteiger partial charge on any atom is -0.466 e. The molecule has 2 heterocycles. The van der Waals surface area contributed by atoms with Gasteiger partial charge in [0.15, 0.2) is 0 Å². The Hall–Kier alpha value is -2.70. The van der Waals surface area contributed by atoms with Crippen LogP contribution in [0.2, 0.25) is 5.02 Å². The molecule has 2 aromatic rings. The molecule has 0 aromatic heterocycles. The highest BCUT2D eigenvalue weighted by Gasteiger charge is 2.35. The highest BCUT2D eigenvalue weighted by Crippen LogP contribution is 2.36. The average molecular weight is 454 g/mol. The fourth-order valence-corrected chi connectivity index (χ4v) is 4.65. The molecule has 32 heavy (non-hydrogen) atoms. The number of carbonyl (C=O) groups is 2. The summed E-state index contributed by atoms with van der Waals surface area (Å²) in [5.41, 5.74) is 2.79. The van der Waals surface area contributed by atoms with Gasteiger partial charge in [0.2, 0.25) is 0 Å². The minimum absolute atomic E-state index is 0.0598. The van der Waals surface area contributed by atoms with E-state index in [2.05, 4.69) is 4.90 Å². The van der Waals surface area contributed by atoms with Crippen molar-refractivity contribution in [1.82, 2.24) is 9.91 Å². The average Bonchev–Trinajstić information content (AvgIpc) is 3.26. The van der Waals surface area contributed by atoms with E-state index in [-0.39, 0.29) is 30.4 Å². The molecule has 0 N–H and O–H groups in total. The van der Waals surface area contributed by atoms with Gasteiger partial charge in [-0.2, -0.15) is 5.10 Å². The predicted octanol–water partition coefficient (Wildman–Crippen LogP) is 4.29. The lowest BCUT2D eigenvalue weighted by molar-refractivity contribution is -0.149. The van der Waals surface area contributed by atoms with Crippen LogP contribution in [0.5, 0.6) is 0 Å². The number of esters is 1. The molecular weight excluding hydrogens is 426 g/mol. The number of nitrogens with zero attached hydrogens (tertiary/aromatic N) is 3. The molecule has 168 valence electrons. The minimum atomic E-state index is -0.233. The van der Waals surface area contributed by atoms with Crippen molar-refractivity contribution in [1.29, 1.82) is 0 Å². The van der Waals surface area contributed by atoms with Crippen LogP contribution < -0.4 is 0 Å². The van der Waals surface area contributed by atoms with E-state index in [0.29, 0.717) is 44.0 Å². The number of hydrazone groups is 1. The van der Waals surface area contributed by atoms with Gasteiger partial charge in [0.25, 0.3) is 5.91 Å². The first-order valence-corrected chi connectivity index (χ1v) is 11.5. The summed E-state index contributed by atoms with van der Waals surface area (Å²) in [5.74, 6) is -0.268. The maximum atomic E-state index is 13.3. The van der Waals surface area contributed by atoms with Crippen molar-refractivity contribution in [3.63, 3.8) is 0 Å². The molecule has 6 nitrogen and oxygen atoms in total. The topological polar surface area (TPSA) is 62.2 Å². The van der Waals surface area contributed by atoms with Crippen LogP contribution in [-0.4, -0.2) is 53.7 Å². The number of halogens is 1. The Balaban J connectivity index is 1.48. The Labute approximate surface area is 193 Å². The van der Waals surface area contributed by atoms with Gasteiger partial charge in [0.05, 0.1) is 30.8 Å². The first-order valence-electron chi connectivity index (χ1n) is 11.1. The maximum Gasteiger partial charge on any atom is 0.309 e. The molecule has 1 unspecified atom stereocenters. The molecule has 1 saturated heterocycles. The number of benzene rings is 2. The molecule has 2 aliphatic rings. The lowest BCUT2D eigenvalue weighted by atomic mass is 9.97. The number of rotatable bonds is 6. The number of amides is 1. The van der Waals surface area contributed by atoms with Crippen LogP contribution in [-0.2, 0) is 14.3 Å². The molecule has 0 aliphatic carbocycles. The van der Waals surface area contributed by atoms with Crippen LogP contribution in [0.1, 0.15) is 43.4 Å². The molecule has 7 heteroatoms. The monoisotopic (exact) mass is 453 g/mol. The smallest absolute Gasteiger partial charge is 0.309 e. The Morgan fingerprint density at radius 3 is 2.44 bits per heavy atom. The molecule has 1 atom stereocenters. The predicted molar refractivity (Wildman–Crippen MR) is 124 cm³/mol. The summed E-state index contributed by atoms with van der Waals surface area (Å²) in [4.78, 5) is 27.4. The zero-order chi connectivity index (χ0) is 22.5. The zero-order valence-corrected chi connectivity index (χ0v) is 19.0.